The Morgan fingerprint density at radius 2 is 1.75 bits per heavy atom. The molecule has 1 saturated carbocycles. The third-order valence-electron chi connectivity index (χ3n) is 8.79. The van der Waals surface area contributed by atoms with Crippen molar-refractivity contribution in [2.45, 2.75) is 57.5 Å². The number of nitrogens with zero attached hydrogens (tertiary/aromatic N) is 3. The number of amides is 2. The molecule has 5 rings (SSSR count). The number of aromatic nitrogens is 1. The lowest BCUT2D eigenvalue weighted by Crippen LogP contribution is -2.41. The Kier molecular flexibility index (Phi) is 8.59. The highest BCUT2D eigenvalue weighted by atomic mass is 32.2. The van der Waals surface area contributed by atoms with E-state index in [4.69, 9.17) is 4.74 Å². The number of likely N-dealkylation sites (N-methyl/N-ethyl adjacent to an activating group) is 1. The van der Waals surface area contributed by atoms with Crippen molar-refractivity contribution in [3.63, 3.8) is 0 Å². The molecule has 0 radical (unpaired) electrons. The van der Waals surface area contributed by atoms with Crippen LogP contribution in [0.1, 0.15) is 66.4 Å². The van der Waals surface area contributed by atoms with Crippen LogP contribution >= 0.6 is 0 Å². The Morgan fingerprint density at radius 1 is 1.05 bits per heavy atom. The van der Waals surface area contributed by atoms with Gasteiger partial charge in [0, 0.05) is 48.7 Å². The summed E-state index contributed by atoms with van der Waals surface area (Å²) in [7, 11) is 1.69. The molecule has 3 aromatic rings. The fraction of sp³-hybridized carbons (Fsp3) is 0.406. The zero-order chi connectivity index (χ0) is 31.9. The quantitative estimate of drug-likeness (QED) is 0.384. The third kappa shape index (κ3) is 5.71. The zero-order valence-electron chi connectivity index (χ0n) is 25.6. The second kappa shape index (κ2) is 12.1. The van der Waals surface area contributed by atoms with Gasteiger partial charge in [0.15, 0.2) is 0 Å². The van der Waals surface area contributed by atoms with E-state index in [0.29, 0.717) is 16.8 Å². The van der Waals surface area contributed by atoms with Crippen molar-refractivity contribution in [2.24, 2.45) is 0 Å². The number of carboxylic acid groups (broad SMARTS) is 1. The minimum absolute atomic E-state index is 0.117. The average Bonchev–Trinajstić information content (AvgIpc) is 3.22. The topological polar surface area (TPSA) is 138 Å². The first-order chi connectivity index (χ1) is 20.8. The van der Waals surface area contributed by atoms with Crippen molar-refractivity contribution in [1.82, 2.24) is 18.5 Å². The zero-order valence-corrected chi connectivity index (χ0v) is 26.4. The maximum Gasteiger partial charge on any atom is 0.326 e. The van der Waals surface area contributed by atoms with Gasteiger partial charge in [0.25, 0.3) is 11.8 Å². The number of carbonyl (C=O) groups excluding carboxylic acids is 2. The number of carbonyl (C=O) groups is 3. The van der Waals surface area contributed by atoms with E-state index in [0.717, 1.165) is 64.2 Å². The van der Waals surface area contributed by atoms with Gasteiger partial charge in [0.05, 0.1) is 19.3 Å². The molecule has 2 aromatic carbocycles. The Labute approximate surface area is 257 Å². The molecule has 0 saturated heterocycles. The van der Waals surface area contributed by atoms with E-state index in [1.165, 1.54) is 33.0 Å². The van der Waals surface area contributed by atoms with Crippen LogP contribution < -0.4 is 9.46 Å². The van der Waals surface area contributed by atoms with Crippen molar-refractivity contribution in [3.8, 4) is 17.0 Å². The number of fused-ring (bicyclic) bond motifs is 5. The van der Waals surface area contributed by atoms with Crippen LogP contribution in [0.3, 0.4) is 0 Å². The molecule has 0 bridgehead atoms. The summed E-state index contributed by atoms with van der Waals surface area (Å²) in [4.78, 5) is 39.9. The SMILES string of the molecule is COc1ccc2c(c1)C=C(C(=O)N(C)[C@H](C)C(=O)O)Cn1c-2c(C2CCCCC2)c2ccc(C(=O)NS(=O)(=O)N(C)C)cc21. The number of ether oxygens (including phenoxy) is 1. The molecule has 2 N–H and O–H groups in total. The lowest BCUT2D eigenvalue weighted by atomic mass is 9.81. The van der Waals surface area contributed by atoms with Crippen molar-refractivity contribution in [3.05, 3.63) is 58.7 Å². The Hall–Kier alpha value is -4.16. The van der Waals surface area contributed by atoms with Crippen LogP contribution in [0.4, 0.5) is 0 Å². The van der Waals surface area contributed by atoms with Crippen LogP contribution in [0.2, 0.25) is 0 Å². The average molecular weight is 623 g/mol. The molecule has 11 nitrogen and oxygen atoms in total. The normalized spacial score (nSPS) is 16.0. The fourth-order valence-electron chi connectivity index (χ4n) is 6.15. The van der Waals surface area contributed by atoms with Gasteiger partial charge in [-0.05, 0) is 73.2 Å². The minimum Gasteiger partial charge on any atom is -0.497 e. The predicted octanol–water partition coefficient (Wildman–Crippen LogP) is 4.23. The summed E-state index contributed by atoms with van der Waals surface area (Å²) in [5, 5.41) is 10.5. The fourth-order valence-corrected chi connectivity index (χ4v) is 6.68. The summed E-state index contributed by atoms with van der Waals surface area (Å²) in [6.07, 6.45) is 7.13. The molecule has 2 heterocycles. The van der Waals surface area contributed by atoms with Gasteiger partial charge < -0.3 is 19.3 Å². The summed E-state index contributed by atoms with van der Waals surface area (Å²) in [6, 6.07) is 9.83. The van der Waals surface area contributed by atoms with Crippen LogP contribution in [-0.2, 0) is 26.3 Å². The van der Waals surface area contributed by atoms with Gasteiger partial charge in [-0.3, -0.25) is 9.59 Å². The molecule has 234 valence electrons. The van der Waals surface area contributed by atoms with Crippen molar-refractivity contribution in [2.75, 3.05) is 28.3 Å². The number of rotatable bonds is 8. The van der Waals surface area contributed by atoms with Crippen LogP contribution in [0.5, 0.6) is 5.75 Å². The van der Waals surface area contributed by atoms with Gasteiger partial charge in [-0.2, -0.15) is 12.7 Å². The van der Waals surface area contributed by atoms with E-state index in [9.17, 15) is 27.9 Å². The minimum atomic E-state index is -4.02. The summed E-state index contributed by atoms with van der Waals surface area (Å²) in [5.41, 5.74) is 4.92. The predicted molar refractivity (Wildman–Crippen MR) is 168 cm³/mol. The maximum atomic E-state index is 13.8. The summed E-state index contributed by atoms with van der Waals surface area (Å²) < 4.78 is 35.4. The molecule has 1 aliphatic carbocycles. The molecule has 12 heteroatoms. The van der Waals surface area contributed by atoms with E-state index < -0.39 is 34.0 Å². The molecule has 0 unspecified atom stereocenters. The number of carboxylic acids is 1. The van der Waals surface area contributed by atoms with E-state index in [1.807, 2.05) is 28.8 Å². The van der Waals surface area contributed by atoms with Crippen molar-refractivity contribution < 1.29 is 32.6 Å². The van der Waals surface area contributed by atoms with E-state index in [1.54, 1.807) is 25.3 Å². The molecule has 2 amide bonds. The number of hydrogen-bond donors (Lipinski definition) is 2. The van der Waals surface area contributed by atoms with E-state index >= 15 is 0 Å². The molecule has 1 atom stereocenters. The van der Waals surface area contributed by atoms with Gasteiger partial charge in [0.1, 0.15) is 11.8 Å². The smallest absolute Gasteiger partial charge is 0.326 e. The molecular weight excluding hydrogens is 584 g/mol. The molecule has 1 fully saturated rings. The van der Waals surface area contributed by atoms with Crippen molar-refractivity contribution >= 4 is 45.0 Å². The lowest BCUT2D eigenvalue weighted by molar-refractivity contribution is -0.146. The summed E-state index contributed by atoms with van der Waals surface area (Å²) in [5.74, 6) is -1.46. The number of aliphatic carboxylic acids is 1. The van der Waals surface area contributed by atoms with E-state index in [-0.39, 0.29) is 18.0 Å². The van der Waals surface area contributed by atoms with Gasteiger partial charge in [0.2, 0.25) is 0 Å². The van der Waals surface area contributed by atoms with Gasteiger partial charge in [-0.15, -0.1) is 0 Å². The van der Waals surface area contributed by atoms with Crippen LogP contribution in [-0.4, -0.2) is 79.4 Å². The monoisotopic (exact) mass is 622 g/mol. The van der Waals surface area contributed by atoms with Crippen LogP contribution in [0, 0.1) is 0 Å². The van der Waals surface area contributed by atoms with Gasteiger partial charge >= 0.3 is 16.2 Å². The highest BCUT2D eigenvalue weighted by Crippen LogP contribution is 2.47. The van der Waals surface area contributed by atoms with Gasteiger partial charge in [-0.25, -0.2) is 9.52 Å². The first-order valence-electron chi connectivity index (χ1n) is 14.6. The standard InChI is InChI=1S/C32H38N4O7S/c1-19(32(39)40)35(4)31(38)23-15-22-16-24(43-5)12-14-25(22)29-28(20-9-7-6-8-10-20)26-13-11-21(17-27(26)36(29)18-23)30(37)33-44(41,42)34(2)3/h11-17,19-20H,6-10,18H2,1-5H3,(H,33,37)(H,39,40)/t19-/m1/s1. The largest absolute Gasteiger partial charge is 0.497 e. The van der Waals surface area contributed by atoms with E-state index in [2.05, 4.69) is 4.72 Å². The first-order valence-corrected chi connectivity index (χ1v) is 16.1. The highest BCUT2D eigenvalue weighted by Gasteiger charge is 2.32. The molecule has 1 aromatic heterocycles. The number of nitrogens with one attached hydrogen (secondary N) is 1. The second-order valence-corrected chi connectivity index (χ2v) is 13.6. The lowest BCUT2D eigenvalue weighted by Gasteiger charge is -2.24. The number of methoxy groups -OCH3 is 1. The van der Waals surface area contributed by atoms with Crippen molar-refractivity contribution in [1.29, 1.82) is 0 Å². The maximum absolute atomic E-state index is 13.8. The molecular formula is C32H38N4O7S. The number of hydrogen-bond acceptors (Lipinski definition) is 6. The summed E-state index contributed by atoms with van der Waals surface area (Å²) in [6.45, 7) is 1.57. The Balaban J connectivity index is 1.76. The Morgan fingerprint density at radius 3 is 2.39 bits per heavy atom. The molecule has 44 heavy (non-hydrogen) atoms. The molecule has 1 aliphatic heterocycles. The third-order valence-corrected chi connectivity index (χ3v) is 10.2. The first kappa shape index (κ1) is 31.3. The van der Waals surface area contributed by atoms with Gasteiger partial charge in [-0.1, -0.05) is 25.3 Å². The summed E-state index contributed by atoms with van der Waals surface area (Å²) >= 11 is 0. The number of benzene rings is 2. The van der Waals surface area contributed by atoms with Crippen LogP contribution in [0.25, 0.3) is 28.2 Å². The Bertz CT molecular complexity index is 1790. The van der Waals surface area contributed by atoms with Crippen LogP contribution in [0.15, 0.2) is 42.0 Å². The molecule has 0 spiro atoms. The molecule has 2 aliphatic rings. The highest BCUT2D eigenvalue weighted by molar-refractivity contribution is 7.87. The second-order valence-electron chi connectivity index (χ2n) is 11.7.